The molecule has 5 rings (SSSR count). The molecule has 8 heteroatoms. The summed E-state index contributed by atoms with van der Waals surface area (Å²) < 4.78 is 41.5. The van der Waals surface area contributed by atoms with Crippen LogP contribution in [0.1, 0.15) is 11.5 Å². The van der Waals surface area contributed by atoms with Crippen LogP contribution in [0.2, 0.25) is 0 Å². The number of hydrogen-bond donors (Lipinski definition) is 0. The van der Waals surface area contributed by atoms with Gasteiger partial charge in [-0.1, -0.05) is 11.2 Å². The normalized spacial score (nSPS) is 14.0. The Labute approximate surface area is 174 Å². The van der Waals surface area contributed by atoms with Crippen LogP contribution in [-0.4, -0.2) is 31.3 Å². The van der Waals surface area contributed by atoms with Gasteiger partial charge in [0.05, 0.1) is 22.8 Å². The first-order valence-electron chi connectivity index (χ1n) is 9.64. The molecule has 1 aliphatic rings. The number of fused-ring (bicyclic) bond motifs is 2. The Hall–Kier alpha value is -3.26. The lowest BCUT2D eigenvalue weighted by Crippen LogP contribution is -2.37. The molecule has 0 amide bonds. The lowest BCUT2D eigenvalue weighted by Gasteiger charge is -2.31. The SMILES string of the molecule is Cc1noc(C)c1-c1ccc2c(c1)N(S(=O)(=O)c1ccc3c(ccn3C)c1)CCO2. The third-order valence-corrected chi connectivity index (χ3v) is 7.36. The van der Waals surface area contributed by atoms with Crippen LogP contribution in [-0.2, 0) is 17.1 Å². The van der Waals surface area contributed by atoms with E-state index in [0.29, 0.717) is 23.8 Å². The molecule has 7 nitrogen and oxygen atoms in total. The Morgan fingerprint density at radius 1 is 1.07 bits per heavy atom. The molecule has 154 valence electrons. The van der Waals surface area contributed by atoms with Crippen molar-refractivity contribution in [2.24, 2.45) is 7.05 Å². The van der Waals surface area contributed by atoms with Crippen molar-refractivity contribution in [3.8, 4) is 16.9 Å². The van der Waals surface area contributed by atoms with Gasteiger partial charge in [-0.15, -0.1) is 0 Å². The van der Waals surface area contributed by atoms with Gasteiger partial charge in [0.2, 0.25) is 0 Å². The highest BCUT2D eigenvalue weighted by molar-refractivity contribution is 7.92. The maximum Gasteiger partial charge on any atom is 0.264 e. The second-order valence-corrected chi connectivity index (χ2v) is 9.32. The van der Waals surface area contributed by atoms with E-state index in [9.17, 15) is 8.42 Å². The highest BCUT2D eigenvalue weighted by Gasteiger charge is 2.31. The minimum absolute atomic E-state index is 0.243. The number of sulfonamides is 1. The number of rotatable bonds is 3. The van der Waals surface area contributed by atoms with Crippen LogP contribution in [0.3, 0.4) is 0 Å². The van der Waals surface area contributed by atoms with Crippen LogP contribution < -0.4 is 9.04 Å². The number of anilines is 1. The molecule has 3 heterocycles. The fourth-order valence-electron chi connectivity index (χ4n) is 4.04. The summed E-state index contributed by atoms with van der Waals surface area (Å²) in [5, 5.41) is 4.90. The first kappa shape index (κ1) is 18.7. The van der Waals surface area contributed by atoms with Crippen molar-refractivity contribution in [2.45, 2.75) is 18.7 Å². The monoisotopic (exact) mass is 423 g/mol. The molecule has 0 unspecified atom stereocenters. The van der Waals surface area contributed by atoms with Gasteiger partial charge in [0, 0.05) is 29.7 Å². The van der Waals surface area contributed by atoms with Gasteiger partial charge in [0.25, 0.3) is 10.0 Å². The Kier molecular flexibility index (Phi) is 4.14. The molecule has 0 atom stereocenters. The molecule has 30 heavy (non-hydrogen) atoms. The topological polar surface area (TPSA) is 77.6 Å². The maximum atomic E-state index is 13.6. The fraction of sp³-hybridized carbons (Fsp3) is 0.227. The van der Waals surface area contributed by atoms with Crippen molar-refractivity contribution in [1.29, 1.82) is 0 Å². The van der Waals surface area contributed by atoms with Crippen molar-refractivity contribution in [2.75, 3.05) is 17.5 Å². The van der Waals surface area contributed by atoms with Crippen LogP contribution in [0.5, 0.6) is 5.75 Å². The van der Waals surface area contributed by atoms with E-state index >= 15 is 0 Å². The zero-order valence-electron chi connectivity index (χ0n) is 16.9. The zero-order chi connectivity index (χ0) is 21.0. The Morgan fingerprint density at radius 3 is 2.67 bits per heavy atom. The van der Waals surface area contributed by atoms with Crippen molar-refractivity contribution < 1.29 is 17.7 Å². The number of hydrogen-bond acceptors (Lipinski definition) is 5. The number of ether oxygens (including phenoxy) is 1. The van der Waals surface area contributed by atoms with Gasteiger partial charge in [-0.05, 0) is 55.8 Å². The van der Waals surface area contributed by atoms with Crippen LogP contribution in [0.25, 0.3) is 22.0 Å². The molecule has 1 aliphatic heterocycles. The van der Waals surface area contributed by atoms with E-state index in [1.54, 1.807) is 18.2 Å². The Balaban J connectivity index is 1.63. The van der Waals surface area contributed by atoms with Crippen LogP contribution in [0, 0.1) is 13.8 Å². The number of aryl methyl sites for hydroxylation is 3. The van der Waals surface area contributed by atoms with Gasteiger partial charge in [-0.3, -0.25) is 4.31 Å². The van der Waals surface area contributed by atoms with Crippen molar-refractivity contribution in [3.63, 3.8) is 0 Å². The van der Waals surface area contributed by atoms with Crippen LogP contribution in [0.15, 0.2) is 58.1 Å². The van der Waals surface area contributed by atoms with E-state index in [4.69, 9.17) is 9.26 Å². The minimum Gasteiger partial charge on any atom is -0.489 e. The summed E-state index contributed by atoms with van der Waals surface area (Å²) >= 11 is 0. The average molecular weight is 423 g/mol. The van der Waals surface area contributed by atoms with Gasteiger partial charge >= 0.3 is 0 Å². The number of aromatic nitrogens is 2. The second kappa shape index (κ2) is 6.63. The first-order valence-corrected chi connectivity index (χ1v) is 11.1. The quantitative estimate of drug-likeness (QED) is 0.497. The maximum absolute atomic E-state index is 13.6. The van der Waals surface area contributed by atoms with E-state index < -0.39 is 10.0 Å². The van der Waals surface area contributed by atoms with Crippen LogP contribution in [0.4, 0.5) is 5.69 Å². The van der Waals surface area contributed by atoms with Gasteiger partial charge in [0.1, 0.15) is 18.1 Å². The molecule has 0 saturated heterocycles. The van der Waals surface area contributed by atoms with Gasteiger partial charge in [0.15, 0.2) is 0 Å². The van der Waals surface area contributed by atoms with Gasteiger partial charge in [-0.25, -0.2) is 8.42 Å². The number of benzene rings is 2. The third-order valence-electron chi connectivity index (χ3n) is 5.55. The second-order valence-electron chi connectivity index (χ2n) is 7.45. The summed E-state index contributed by atoms with van der Waals surface area (Å²) in [7, 11) is -1.82. The highest BCUT2D eigenvalue weighted by atomic mass is 32.2. The molecule has 2 aromatic carbocycles. The fourth-order valence-corrected chi connectivity index (χ4v) is 5.53. The standard InChI is InChI=1S/C22H21N3O4S/c1-14-22(15(2)29-23-14)17-4-7-21-20(13-17)25(10-11-28-21)30(26,27)18-5-6-19-16(12-18)8-9-24(19)3/h4-9,12-13H,10-11H2,1-3H3. The van der Waals surface area contributed by atoms with E-state index in [1.165, 1.54) is 4.31 Å². The third kappa shape index (κ3) is 2.79. The van der Waals surface area contributed by atoms with Crippen molar-refractivity contribution in [1.82, 2.24) is 9.72 Å². The molecule has 0 fully saturated rings. The molecule has 0 bridgehead atoms. The number of nitrogens with zero attached hydrogens (tertiary/aromatic N) is 3. The molecule has 0 radical (unpaired) electrons. The molecule has 2 aromatic heterocycles. The Morgan fingerprint density at radius 2 is 1.90 bits per heavy atom. The van der Waals surface area contributed by atoms with E-state index in [-0.39, 0.29) is 11.4 Å². The molecule has 0 saturated carbocycles. The highest BCUT2D eigenvalue weighted by Crippen LogP contribution is 2.40. The van der Waals surface area contributed by atoms with E-state index in [1.807, 2.05) is 55.9 Å². The summed E-state index contributed by atoms with van der Waals surface area (Å²) in [5.74, 6) is 1.23. The smallest absolute Gasteiger partial charge is 0.264 e. The van der Waals surface area contributed by atoms with Gasteiger partial charge < -0.3 is 13.8 Å². The molecular formula is C22H21N3O4S. The van der Waals surface area contributed by atoms with Crippen molar-refractivity contribution in [3.05, 3.63) is 60.1 Å². The molecule has 4 aromatic rings. The molecule has 0 aliphatic carbocycles. The predicted octanol–water partition coefficient (Wildman–Crippen LogP) is 4.04. The largest absolute Gasteiger partial charge is 0.489 e. The van der Waals surface area contributed by atoms with E-state index in [0.717, 1.165) is 27.7 Å². The predicted molar refractivity (Wildman–Crippen MR) is 114 cm³/mol. The average Bonchev–Trinajstić information content (AvgIpc) is 3.28. The lowest BCUT2D eigenvalue weighted by molar-refractivity contribution is 0.316. The summed E-state index contributed by atoms with van der Waals surface area (Å²) in [5.41, 5.74) is 3.97. The lowest BCUT2D eigenvalue weighted by atomic mass is 10.0. The van der Waals surface area contributed by atoms with Crippen LogP contribution >= 0.6 is 0 Å². The molecular weight excluding hydrogens is 402 g/mol. The molecule has 0 spiro atoms. The van der Waals surface area contributed by atoms with Gasteiger partial charge in [-0.2, -0.15) is 0 Å². The minimum atomic E-state index is -3.76. The zero-order valence-corrected chi connectivity index (χ0v) is 17.7. The summed E-state index contributed by atoms with van der Waals surface area (Å²) in [4.78, 5) is 0.261. The van der Waals surface area contributed by atoms with E-state index in [2.05, 4.69) is 5.16 Å². The van der Waals surface area contributed by atoms with Crippen molar-refractivity contribution >= 4 is 26.6 Å². The molecule has 0 N–H and O–H groups in total. The summed E-state index contributed by atoms with van der Waals surface area (Å²) in [6.07, 6.45) is 1.92. The summed E-state index contributed by atoms with van der Waals surface area (Å²) in [6.45, 7) is 4.25. The summed E-state index contributed by atoms with van der Waals surface area (Å²) in [6, 6.07) is 12.7. The first-order chi connectivity index (χ1) is 14.4. The Bertz CT molecular complexity index is 1370.